The largest absolute Gasteiger partial charge is 0.381 e. The van der Waals surface area contributed by atoms with Crippen LogP contribution in [0.5, 0.6) is 0 Å². The SMILES string of the molecule is CCCCC(CC)COCCCNc1cc(C)c(C#N)c(NCCCOCC(CC)CCCC)n1. The lowest BCUT2D eigenvalue weighted by Gasteiger charge is -2.16. The number of aryl methyl sites for hydroxylation is 1. The first-order chi connectivity index (χ1) is 17.1. The topological polar surface area (TPSA) is 79.2 Å². The molecule has 0 saturated carbocycles. The van der Waals surface area contributed by atoms with Gasteiger partial charge in [-0.1, -0.05) is 66.2 Å². The minimum Gasteiger partial charge on any atom is -0.381 e. The molecule has 0 aromatic carbocycles. The van der Waals surface area contributed by atoms with Gasteiger partial charge in [-0.05, 0) is 56.1 Å². The van der Waals surface area contributed by atoms with E-state index in [-0.39, 0.29) is 0 Å². The summed E-state index contributed by atoms with van der Waals surface area (Å²) in [6, 6.07) is 4.25. The van der Waals surface area contributed by atoms with Crippen LogP contribution in [0.15, 0.2) is 6.07 Å². The number of anilines is 2. The van der Waals surface area contributed by atoms with E-state index in [4.69, 9.17) is 9.47 Å². The van der Waals surface area contributed by atoms with Crippen molar-refractivity contribution in [2.24, 2.45) is 11.8 Å². The molecule has 2 N–H and O–H groups in total. The van der Waals surface area contributed by atoms with Crippen LogP contribution >= 0.6 is 0 Å². The first kappa shape index (κ1) is 31.2. The van der Waals surface area contributed by atoms with Crippen LogP contribution in [0.2, 0.25) is 0 Å². The molecule has 0 saturated heterocycles. The molecule has 1 rings (SSSR count). The number of hydrogen-bond acceptors (Lipinski definition) is 6. The van der Waals surface area contributed by atoms with Gasteiger partial charge in [0.05, 0.1) is 5.56 Å². The second-order valence-electron chi connectivity index (χ2n) is 9.70. The summed E-state index contributed by atoms with van der Waals surface area (Å²) >= 11 is 0. The molecule has 6 heteroatoms. The molecule has 0 radical (unpaired) electrons. The number of aromatic nitrogens is 1. The number of nitrogens with zero attached hydrogens (tertiary/aromatic N) is 2. The first-order valence-corrected chi connectivity index (χ1v) is 14.1. The second-order valence-corrected chi connectivity index (χ2v) is 9.70. The lowest BCUT2D eigenvalue weighted by molar-refractivity contribution is 0.0937. The molecule has 1 aromatic rings. The van der Waals surface area contributed by atoms with Gasteiger partial charge in [-0.2, -0.15) is 5.26 Å². The Bertz CT molecular complexity index is 705. The van der Waals surface area contributed by atoms with Gasteiger partial charge in [0.15, 0.2) is 0 Å². The van der Waals surface area contributed by atoms with Crippen molar-refractivity contribution < 1.29 is 9.47 Å². The molecule has 1 aromatic heterocycles. The Kier molecular flexibility index (Phi) is 18.1. The van der Waals surface area contributed by atoms with Gasteiger partial charge in [-0.15, -0.1) is 0 Å². The molecule has 1 heterocycles. The van der Waals surface area contributed by atoms with Crippen molar-refractivity contribution >= 4 is 11.6 Å². The Morgan fingerprint density at radius 3 is 1.89 bits per heavy atom. The van der Waals surface area contributed by atoms with Crippen LogP contribution in [0, 0.1) is 30.1 Å². The van der Waals surface area contributed by atoms with Crippen LogP contribution in [0.1, 0.15) is 103 Å². The lowest BCUT2D eigenvalue weighted by atomic mass is 10.0. The third kappa shape index (κ3) is 13.7. The third-order valence-electron chi connectivity index (χ3n) is 6.65. The van der Waals surface area contributed by atoms with Crippen LogP contribution in [0.25, 0.3) is 0 Å². The maximum Gasteiger partial charge on any atom is 0.146 e. The summed E-state index contributed by atoms with van der Waals surface area (Å²) in [7, 11) is 0. The molecule has 0 aliphatic carbocycles. The van der Waals surface area contributed by atoms with Crippen molar-refractivity contribution in [1.29, 1.82) is 5.26 Å². The maximum atomic E-state index is 9.59. The fourth-order valence-corrected chi connectivity index (χ4v) is 4.10. The first-order valence-electron chi connectivity index (χ1n) is 14.1. The molecule has 0 amide bonds. The molecule has 2 atom stereocenters. The van der Waals surface area contributed by atoms with E-state index in [1.165, 1.54) is 51.4 Å². The third-order valence-corrected chi connectivity index (χ3v) is 6.65. The van der Waals surface area contributed by atoms with E-state index >= 15 is 0 Å². The summed E-state index contributed by atoms with van der Waals surface area (Å²) in [6.07, 6.45) is 11.8. The number of pyridine rings is 1. The zero-order chi connectivity index (χ0) is 25.7. The summed E-state index contributed by atoms with van der Waals surface area (Å²) in [5, 5.41) is 16.3. The van der Waals surface area contributed by atoms with E-state index in [0.717, 1.165) is 63.7 Å². The quantitative estimate of drug-likeness (QED) is 0.166. The van der Waals surface area contributed by atoms with Crippen molar-refractivity contribution in [2.45, 2.75) is 98.8 Å². The van der Waals surface area contributed by atoms with E-state index in [9.17, 15) is 5.26 Å². The molecule has 35 heavy (non-hydrogen) atoms. The Morgan fingerprint density at radius 2 is 1.40 bits per heavy atom. The standard InChI is InChI=1S/C29H52N4O2/c1-6-10-14-25(8-3)22-34-18-12-16-31-28-20-24(5)27(21-30)29(33-28)32-17-13-19-35-23-26(9-4)15-11-7-2/h20,25-26H,6-19,22-23H2,1-5H3,(H2,31,32,33). The minimum atomic E-state index is 0.614. The Labute approximate surface area is 215 Å². The minimum absolute atomic E-state index is 0.614. The Balaban J connectivity index is 2.38. The molecule has 0 spiro atoms. The van der Waals surface area contributed by atoms with Gasteiger partial charge < -0.3 is 20.1 Å². The van der Waals surface area contributed by atoms with Crippen LogP contribution in [0.4, 0.5) is 11.6 Å². The van der Waals surface area contributed by atoms with Gasteiger partial charge in [-0.3, -0.25) is 0 Å². The van der Waals surface area contributed by atoms with E-state index in [0.29, 0.717) is 23.2 Å². The van der Waals surface area contributed by atoms with Gasteiger partial charge >= 0.3 is 0 Å². The van der Waals surface area contributed by atoms with Gasteiger partial charge in [0.1, 0.15) is 17.7 Å². The smallest absolute Gasteiger partial charge is 0.146 e. The highest BCUT2D eigenvalue weighted by Gasteiger charge is 2.10. The van der Waals surface area contributed by atoms with Crippen molar-refractivity contribution in [3.05, 3.63) is 17.2 Å². The molecule has 6 nitrogen and oxygen atoms in total. The van der Waals surface area contributed by atoms with Crippen LogP contribution in [-0.2, 0) is 9.47 Å². The van der Waals surface area contributed by atoms with Crippen molar-refractivity contribution in [3.8, 4) is 6.07 Å². The Hall–Kier alpha value is -1.84. The number of rotatable bonds is 22. The number of hydrogen-bond donors (Lipinski definition) is 2. The molecule has 0 fully saturated rings. The highest BCUT2D eigenvalue weighted by atomic mass is 16.5. The summed E-state index contributed by atoms with van der Waals surface area (Å²) in [5.41, 5.74) is 1.55. The predicted molar refractivity (Wildman–Crippen MR) is 148 cm³/mol. The van der Waals surface area contributed by atoms with E-state index in [1.807, 2.05) is 13.0 Å². The number of nitriles is 1. The zero-order valence-electron chi connectivity index (χ0n) is 23.3. The van der Waals surface area contributed by atoms with E-state index in [2.05, 4.69) is 49.4 Å². The average molecular weight is 489 g/mol. The normalized spacial score (nSPS) is 12.8. The van der Waals surface area contributed by atoms with Crippen LogP contribution in [-0.4, -0.2) is 44.5 Å². The van der Waals surface area contributed by atoms with Crippen LogP contribution in [0.3, 0.4) is 0 Å². The Morgan fingerprint density at radius 1 is 0.857 bits per heavy atom. The molecular formula is C29H52N4O2. The average Bonchev–Trinajstić information content (AvgIpc) is 2.86. The van der Waals surface area contributed by atoms with E-state index < -0.39 is 0 Å². The molecule has 2 unspecified atom stereocenters. The van der Waals surface area contributed by atoms with Gasteiger partial charge in [-0.25, -0.2) is 4.98 Å². The van der Waals surface area contributed by atoms with Crippen molar-refractivity contribution in [1.82, 2.24) is 4.98 Å². The van der Waals surface area contributed by atoms with Gasteiger partial charge in [0, 0.05) is 39.5 Å². The highest BCUT2D eigenvalue weighted by Crippen LogP contribution is 2.21. The summed E-state index contributed by atoms with van der Waals surface area (Å²) in [5.74, 6) is 2.80. The maximum absolute atomic E-state index is 9.59. The number of ether oxygens (including phenoxy) is 2. The summed E-state index contributed by atoms with van der Waals surface area (Å²) in [4.78, 5) is 4.66. The second kappa shape index (κ2) is 20.4. The monoisotopic (exact) mass is 488 g/mol. The van der Waals surface area contributed by atoms with Crippen LogP contribution < -0.4 is 10.6 Å². The molecular weight excluding hydrogens is 436 g/mol. The van der Waals surface area contributed by atoms with Gasteiger partial charge in [0.2, 0.25) is 0 Å². The zero-order valence-corrected chi connectivity index (χ0v) is 23.3. The fourth-order valence-electron chi connectivity index (χ4n) is 4.10. The summed E-state index contributed by atoms with van der Waals surface area (Å²) < 4.78 is 11.8. The lowest BCUT2D eigenvalue weighted by Crippen LogP contribution is -2.14. The molecule has 0 aliphatic rings. The fraction of sp³-hybridized carbons (Fsp3) is 0.793. The summed E-state index contributed by atoms with van der Waals surface area (Å²) in [6.45, 7) is 15.7. The highest BCUT2D eigenvalue weighted by molar-refractivity contribution is 5.60. The predicted octanol–water partition coefficient (Wildman–Crippen LogP) is 7.33. The van der Waals surface area contributed by atoms with Crippen molar-refractivity contribution in [3.63, 3.8) is 0 Å². The molecule has 0 aliphatic heterocycles. The van der Waals surface area contributed by atoms with Gasteiger partial charge in [0.25, 0.3) is 0 Å². The van der Waals surface area contributed by atoms with Crippen molar-refractivity contribution in [2.75, 3.05) is 50.2 Å². The number of nitrogens with one attached hydrogen (secondary N) is 2. The number of unbranched alkanes of at least 4 members (excludes halogenated alkanes) is 2. The van der Waals surface area contributed by atoms with E-state index in [1.54, 1.807) is 0 Å². The molecule has 0 bridgehead atoms. The molecule has 200 valence electrons.